The van der Waals surface area contributed by atoms with Gasteiger partial charge >= 0.3 is 0 Å². The van der Waals surface area contributed by atoms with Crippen molar-refractivity contribution in [3.8, 4) is 0 Å². The molecule has 0 aromatic carbocycles. The highest BCUT2D eigenvalue weighted by Crippen LogP contribution is 2.40. The van der Waals surface area contributed by atoms with Crippen molar-refractivity contribution < 1.29 is 0 Å². The summed E-state index contributed by atoms with van der Waals surface area (Å²) >= 11 is 0. The van der Waals surface area contributed by atoms with Crippen LogP contribution in [0.1, 0.15) is 71.6 Å². The summed E-state index contributed by atoms with van der Waals surface area (Å²) in [6.07, 6.45) is 12.1. The molecule has 0 aromatic rings. The molecule has 0 saturated heterocycles. The normalized spacial score (nSPS) is 22.6. The number of hydrogen-bond donors (Lipinski definition) is 2. The maximum Gasteiger partial charge on any atom is 0.0264 e. The molecule has 1 aliphatic rings. The van der Waals surface area contributed by atoms with Crippen molar-refractivity contribution >= 4 is 0 Å². The van der Waals surface area contributed by atoms with Gasteiger partial charge in [0.15, 0.2) is 0 Å². The summed E-state index contributed by atoms with van der Waals surface area (Å²) < 4.78 is 0. The standard InChI is InChI=1S/C13H28N2/c1-3-4-6-9-12(15-14)13(2)10-7-5-8-11-13/h12,15H,3-11,14H2,1-2H3. The van der Waals surface area contributed by atoms with Gasteiger partial charge in [0.25, 0.3) is 0 Å². The van der Waals surface area contributed by atoms with E-state index in [1.807, 2.05) is 0 Å². The number of hydrogen-bond acceptors (Lipinski definition) is 2. The van der Waals surface area contributed by atoms with Gasteiger partial charge < -0.3 is 0 Å². The molecular formula is C13H28N2. The fraction of sp³-hybridized carbons (Fsp3) is 1.00. The Balaban J connectivity index is 2.40. The fourth-order valence-corrected chi connectivity index (χ4v) is 2.94. The van der Waals surface area contributed by atoms with E-state index in [-0.39, 0.29) is 0 Å². The molecule has 0 amide bonds. The lowest BCUT2D eigenvalue weighted by molar-refractivity contribution is 0.136. The summed E-state index contributed by atoms with van der Waals surface area (Å²) in [5.41, 5.74) is 3.53. The van der Waals surface area contributed by atoms with Crippen molar-refractivity contribution in [1.82, 2.24) is 5.43 Å². The first-order valence-electron chi connectivity index (χ1n) is 6.69. The molecule has 1 atom stereocenters. The first-order valence-corrected chi connectivity index (χ1v) is 6.69. The largest absolute Gasteiger partial charge is 0.271 e. The van der Waals surface area contributed by atoms with Crippen LogP contribution in [0.2, 0.25) is 0 Å². The van der Waals surface area contributed by atoms with Gasteiger partial charge in [0.1, 0.15) is 0 Å². The Morgan fingerprint density at radius 1 is 1.20 bits per heavy atom. The van der Waals surface area contributed by atoms with Crippen molar-refractivity contribution in [2.75, 3.05) is 0 Å². The second-order valence-corrected chi connectivity index (χ2v) is 5.43. The molecule has 1 rings (SSSR count). The van der Waals surface area contributed by atoms with Gasteiger partial charge in [-0.3, -0.25) is 11.3 Å². The third-order valence-electron chi connectivity index (χ3n) is 4.13. The lowest BCUT2D eigenvalue weighted by atomic mass is 9.69. The number of unbranched alkanes of at least 4 members (excludes halogenated alkanes) is 2. The highest BCUT2D eigenvalue weighted by atomic mass is 15.2. The monoisotopic (exact) mass is 212 g/mol. The zero-order chi connectivity index (χ0) is 11.1. The van der Waals surface area contributed by atoms with Crippen LogP contribution in [0, 0.1) is 5.41 Å². The van der Waals surface area contributed by atoms with Gasteiger partial charge in [0, 0.05) is 6.04 Å². The highest BCUT2D eigenvalue weighted by Gasteiger charge is 2.34. The summed E-state index contributed by atoms with van der Waals surface area (Å²) in [5, 5.41) is 0. The van der Waals surface area contributed by atoms with Gasteiger partial charge in [-0.25, -0.2) is 0 Å². The van der Waals surface area contributed by atoms with E-state index in [4.69, 9.17) is 5.84 Å². The summed E-state index contributed by atoms with van der Waals surface area (Å²) in [6, 6.07) is 0.532. The Morgan fingerprint density at radius 2 is 1.87 bits per heavy atom. The van der Waals surface area contributed by atoms with Gasteiger partial charge in [0.2, 0.25) is 0 Å². The molecule has 0 spiro atoms. The van der Waals surface area contributed by atoms with Crippen molar-refractivity contribution in [2.24, 2.45) is 11.3 Å². The Hall–Kier alpha value is -0.0800. The minimum atomic E-state index is 0.459. The molecule has 2 heteroatoms. The van der Waals surface area contributed by atoms with E-state index in [9.17, 15) is 0 Å². The summed E-state index contributed by atoms with van der Waals surface area (Å²) in [7, 11) is 0. The van der Waals surface area contributed by atoms with E-state index < -0.39 is 0 Å². The Bertz CT molecular complexity index is 162. The Morgan fingerprint density at radius 3 is 2.40 bits per heavy atom. The summed E-state index contributed by atoms with van der Waals surface area (Å²) in [5.74, 6) is 5.72. The Kier molecular flexibility index (Phi) is 5.62. The molecule has 3 N–H and O–H groups in total. The second-order valence-electron chi connectivity index (χ2n) is 5.43. The second kappa shape index (κ2) is 6.49. The predicted molar refractivity (Wildman–Crippen MR) is 66.4 cm³/mol. The van der Waals surface area contributed by atoms with Gasteiger partial charge in [-0.2, -0.15) is 0 Å². The summed E-state index contributed by atoms with van der Waals surface area (Å²) in [6.45, 7) is 4.68. The smallest absolute Gasteiger partial charge is 0.0264 e. The molecule has 0 aromatic heterocycles. The minimum absolute atomic E-state index is 0.459. The number of rotatable bonds is 6. The summed E-state index contributed by atoms with van der Waals surface area (Å²) in [4.78, 5) is 0. The van der Waals surface area contributed by atoms with Crippen LogP contribution < -0.4 is 11.3 Å². The van der Waals surface area contributed by atoms with E-state index in [1.165, 1.54) is 57.8 Å². The molecule has 1 saturated carbocycles. The molecule has 0 bridgehead atoms. The zero-order valence-electron chi connectivity index (χ0n) is 10.5. The van der Waals surface area contributed by atoms with Gasteiger partial charge in [-0.15, -0.1) is 0 Å². The van der Waals surface area contributed by atoms with E-state index >= 15 is 0 Å². The maximum absolute atomic E-state index is 5.72. The van der Waals surface area contributed by atoms with Crippen LogP contribution in [0.5, 0.6) is 0 Å². The molecule has 1 unspecified atom stereocenters. The molecule has 2 nitrogen and oxygen atoms in total. The van der Waals surface area contributed by atoms with Crippen molar-refractivity contribution in [1.29, 1.82) is 0 Å². The lowest BCUT2D eigenvalue weighted by Gasteiger charge is -2.40. The quantitative estimate of drug-likeness (QED) is 0.402. The maximum atomic E-state index is 5.72. The van der Waals surface area contributed by atoms with Crippen LogP contribution in [0.25, 0.3) is 0 Å². The van der Waals surface area contributed by atoms with Crippen LogP contribution in [-0.4, -0.2) is 6.04 Å². The third kappa shape index (κ3) is 3.76. The van der Waals surface area contributed by atoms with Gasteiger partial charge in [0.05, 0.1) is 0 Å². The highest BCUT2D eigenvalue weighted by molar-refractivity contribution is 4.88. The molecule has 1 aliphatic carbocycles. The first-order chi connectivity index (χ1) is 7.23. The number of hydrazine groups is 1. The average Bonchev–Trinajstić information content (AvgIpc) is 2.25. The molecule has 15 heavy (non-hydrogen) atoms. The Labute approximate surface area is 95.0 Å². The minimum Gasteiger partial charge on any atom is -0.271 e. The van der Waals surface area contributed by atoms with Crippen molar-refractivity contribution in [2.45, 2.75) is 77.7 Å². The molecular weight excluding hydrogens is 184 g/mol. The van der Waals surface area contributed by atoms with E-state index in [0.29, 0.717) is 11.5 Å². The number of nitrogens with one attached hydrogen (secondary N) is 1. The van der Waals surface area contributed by atoms with Crippen molar-refractivity contribution in [3.63, 3.8) is 0 Å². The van der Waals surface area contributed by atoms with Crippen LogP contribution in [0.4, 0.5) is 0 Å². The average molecular weight is 212 g/mol. The number of nitrogens with two attached hydrogens (primary N) is 1. The molecule has 0 heterocycles. The van der Waals surface area contributed by atoms with E-state index in [0.717, 1.165) is 0 Å². The van der Waals surface area contributed by atoms with Crippen LogP contribution in [-0.2, 0) is 0 Å². The van der Waals surface area contributed by atoms with E-state index in [2.05, 4.69) is 19.3 Å². The SMILES string of the molecule is CCCCCC(NN)C1(C)CCCCC1. The third-order valence-corrected chi connectivity index (χ3v) is 4.13. The molecule has 90 valence electrons. The molecule has 0 radical (unpaired) electrons. The predicted octanol–water partition coefficient (Wildman–Crippen LogP) is 3.37. The lowest BCUT2D eigenvalue weighted by Crippen LogP contribution is -2.47. The van der Waals surface area contributed by atoms with Crippen molar-refractivity contribution in [3.05, 3.63) is 0 Å². The van der Waals surface area contributed by atoms with Gasteiger partial charge in [-0.1, -0.05) is 52.4 Å². The van der Waals surface area contributed by atoms with Crippen LogP contribution in [0.3, 0.4) is 0 Å². The molecule has 1 fully saturated rings. The van der Waals surface area contributed by atoms with E-state index in [1.54, 1.807) is 0 Å². The van der Waals surface area contributed by atoms with Crippen LogP contribution >= 0.6 is 0 Å². The first kappa shape index (κ1) is 13.0. The van der Waals surface area contributed by atoms with Gasteiger partial charge in [-0.05, 0) is 24.7 Å². The molecule has 0 aliphatic heterocycles. The zero-order valence-corrected chi connectivity index (χ0v) is 10.5. The van der Waals surface area contributed by atoms with Crippen LogP contribution in [0.15, 0.2) is 0 Å². The topological polar surface area (TPSA) is 38.0 Å². The fourth-order valence-electron chi connectivity index (χ4n) is 2.94.